The van der Waals surface area contributed by atoms with Crippen LogP contribution in [0.3, 0.4) is 0 Å². The topological polar surface area (TPSA) is 55.1 Å². The fourth-order valence-corrected chi connectivity index (χ4v) is 1.09. The van der Waals surface area contributed by atoms with Gasteiger partial charge in [-0.25, -0.2) is 0 Å². The molecule has 3 nitrogen and oxygen atoms in total. The second-order valence-corrected chi connectivity index (χ2v) is 2.44. The molecule has 0 saturated carbocycles. The van der Waals surface area contributed by atoms with Crippen molar-refractivity contribution in [3.05, 3.63) is 11.4 Å². The standard InChI is InChI=1S/C5H6N2OS/c6-5-1-4(2-9-5)7-3-8/h1-3H,6H2,(H,7,8). The van der Waals surface area contributed by atoms with Gasteiger partial charge in [-0.2, -0.15) is 0 Å². The number of rotatable bonds is 2. The van der Waals surface area contributed by atoms with Crippen molar-refractivity contribution in [2.75, 3.05) is 11.1 Å². The van der Waals surface area contributed by atoms with Gasteiger partial charge in [-0.1, -0.05) is 0 Å². The Morgan fingerprint density at radius 2 is 2.56 bits per heavy atom. The van der Waals surface area contributed by atoms with Gasteiger partial charge in [-0.3, -0.25) is 4.79 Å². The smallest absolute Gasteiger partial charge is 0.211 e. The van der Waals surface area contributed by atoms with Crippen LogP contribution in [0.1, 0.15) is 0 Å². The van der Waals surface area contributed by atoms with E-state index in [1.165, 1.54) is 11.3 Å². The molecule has 0 saturated heterocycles. The summed E-state index contributed by atoms with van der Waals surface area (Å²) >= 11 is 1.40. The fraction of sp³-hybridized carbons (Fsp3) is 0. The summed E-state index contributed by atoms with van der Waals surface area (Å²) in [5.41, 5.74) is 6.13. The predicted molar refractivity (Wildman–Crippen MR) is 38.4 cm³/mol. The first-order valence-corrected chi connectivity index (χ1v) is 3.25. The lowest BCUT2D eigenvalue weighted by molar-refractivity contribution is -0.105. The van der Waals surface area contributed by atoms with Crippen molar-refractivity contribution in [1.82, 2.24) is 0 Å². The molecule has 1 rings (SSSR count). The Bertz CT molecular complexity index is 208. The van der Waals surface area contributed by atoms with Crippen molar-refractivity contribution in [2.45, 2.75) is 0 Å². The number of thiophene rings is 1. The third-order valence-electron chi connectivity index (χ3n) is 0.845. The second-order valence-electron chi connectivity index (χ2n) is 1.50. The minimum atomic E-state index is 0.626. The van der Waals surface area contributed by atoms with Crippen molar-refractivity contribution in [2.24, 2.45) is 0 Å². The monoisotopic (exact) mass is 142 g/mol. The lowest BCUT2D eigenvalue weighted by Crippen LogP contribution is -1.90. The van der Waals surface area contributed by atoms with E-state index in [0.29, 0.717) is 11.4 Å². The van der Waals surface area contributed by atoms with Gasteiger partial charge in [0.2, 0.25) is 6.41 Å². The van der Waals surface area contributed by atoms with Crippen LogP contribution in [0, 0.1) is 0 Å². The van der Waals surface area contributed by atoms with Crippen LogP contribution < -0.4 is 11.1 Å². The molecule has 0 spiro atoms. The maximum Gasteiger partial charge on any atom is 0.211 e. The Kier molecular flexibility index (Phi) is 1.69. The van der Waals surface area contributed by atoms with Crippen LogP contribution in [0.4, 0.5) is 10.7 Å². The number of nitrogens with one attached hydrogen (secondary N) is 1. The van der Waals surface area contributed by atoms with Crippen molar-refractivity contribution < 1.29 is 4.79 Å². The molecule has 0 radical (unpaired) electrons. The molecule has 1 heterocycles. The molecule has 0 bridgehead atoms. The number of carbonyl (C=O) groups excluding carboxylic acids is 1. The van der Waals surface area contributed by atoms with Crippen molar-refractivity contribution >= 4 is 28.4 Å². The molecule has 1 aromatic heterocycles. The highest BCUT2D eigenvalue weighted by atomic mass is 32.1. The first-order chi connectivity index (χ1) is 4.33. The highest BCUT2D eigenvalue weighted by molar-refractivity contribution is 7.14. The molecule has 3 N–H and O–H groups in total. The maximum absolute atomic E-state index is 9.84. The molecule has 0 fully saturated rings. The summed E-state index contributed by atoms with van der Waals surface area (Å²) in [7, 11) is 0. The average Bonchev–Trinajstić information content (AvgIpc) is 2.17. The number of nitrogen functional groups attached to an aromatic ring is 1. The second kappa shape index (κ2) is 2.50. The molecule has 1 aromatic rings. The van der Waals surface area contributed by atoms with E-state index in [2.05, 4.69) is 5.32 Å². The van der Waals surface area contributed by atoms with Crippen molar-refractivity contribution in [3.8, 4) is 0 Å². The zero-order valence-electron chi connectivity index (χ0n) is 4.63. The number of nitrogens with two attached hydrogens (primary N) is 1. The number of carbonyl (C=O) groups is 1. The highest BCUT2D eigenvalue weighted by Gasteiger charge is 1.91. The fourth-order valence-electron chi connectivity index (χ4n) is 0.497. The molecular weight excluding hydrogens is 136 g/mol. The Labute approximate surface area is 56.5 Å². The van der Waals surface area contributed by atoms with E-state index in [9.17, 15) is 4.79 Å². The molecule has 0 aliphatic rings. The van der Waals surface area contributed by atoms with E-state index < -0.39 is 0 Å². The van der Waals surface area contributed by atoms with Crippen LogP contribution in [0.2, 0.25) is 0 Å². The quantitative estimate of drug-likeness (QED) is 0.603. The van der Waals surface area contributed by atoms with Crippen molar-refractivity contribution in [1.29, 1.82) is 0 Å². The van der Waals surface area contributed by atoms with Crippen molar-refractivity contribution in [3.63, 3.8) is 0 Å². The van der Waals surface area contributed by atoms with E-state index in [-0.39, 0.29) is 0 Å². The molecule has 1 amide bonds. The summed E-state index contributed by atoms with van der Waals surface area (Å²) in [6.07, 6.45) is 0.626. The Morgan fingerprint density at radius 1 is 1.78 bits per heavy atom. The summed E-state index contributed by atoms with van der Waals surface area (Å²) in [5.74, 6) is 0. The molecule has 0 aliphatic heterocycles. The highest BCUT2D eigenvalue weighted by Crippen LogP contribution is 2.19. The van der Waals surface area contributed by atoms with Gasteiger partial charge in [0, 0.05) is 5.38 Å². The lowest BCUT2D eigenvalue weighted by atomic mass is 10.5. The molecular formula is C5H6N2OS. The lowest BCUT2D eigenvalue weighted by Gasteiger charge is -1.85. The van der Waals surface area contributed by atoms with Crippen LogP contribution in [0.5, 0.6) is 0 Å². The minimum absolute atomic E-state index is 0.626. The Hall–Kier alpha value is -1.03. The summed E-state index contributed by atoms with van der Waals surface area (Å²) in [6, 6.07) is 1.71. The predicted octanol–water partition coefficient (Wildman–Crippen LogP) is 0.899. The van der Waals surface area contributed by atoms with Gasteiger partial charge in [0.05, 0.1) is 10.7 Å². The van der Waals surface area contributed by atoms with Gasteiger partial charge in [0.15, 0.2) is 0 Å². The molecule has 0 unspecified atom stereocenters. The zero-order chi connectivity index (χ0) is 6.69. The first-order valence-electron chi connectivity index (χ1n) is 2.37. The van der Waals surface area contributed by atoms with E-state index in [0.717, 1.165) is 5.69 Å². The molecule has 48 valence electrons. The van der Waals surface area contributed by atoms with Gasteiger partial charge in [0.25, 0.3) is 0 Å². The van der Waals surface area contributed by atoms with Gasteiger partial charge < -0.3 is 11.1 Å². The van der Waals surface area contributed by atoms with E-state index in [4.69, 9.17) is 5.73 Å². The van der Waals surface area contributed by atoms with Crippen LogP contribution in [0.25, 0.3) is 0 Å². The molecule has 0 aromatic carbocycles. The molecule has 0 aliphatic carbocycles. The number of anilines is 2. The van der Waals surface area contributed by atoms with E-state index >= 15 is 0 Å². The summed E-state index contributed by atoms with van der Waals surface area (Å²) < 4.78 is 0. The van der Waals surface area contributed by atoms with E-state index in [1.54, 1.807) is 11.4 Å². The maximum atomic E-state index is 9.84. The summed E-state index contributed by atoms with van der Waals surface area (Å²) in [5, 5.41) is 4.97. The Balaban J connectivity index is 2.72. The molecule has 9 heavy (non-hydrogen) atoms. The SMILES string of the molecule is Nc1cc(NC=O)cs1. The molecule has 0 atom stereocenters. The number of hydrogen-bond donors (Lipinski definition) is 2. The molecule has 4 heteroatoms. The van der Waals surface area contributed by atoms with Gasteiger partial charge >= 0.3 is 0 Å². The first kappa shape index (κ1) is 6.10. The average molecular weight is 142 g/mol. The summed E-state index contributed by atoms with van der Waals surface area (Å²) in [4.78, 5) is 9.84. The third kappa shape index (κ3) is 1.43. The summed E-state index contributed by atoms with van der Waals surface area (Å²) in [6.45, 7) is 0. The third-order valence-corrected chi connectivity index (χ3v) is 1.61. The van der Waals surface area contributed by atoms with Crippen LogP contribution in [0.15, 0.2) is 11.4 Å². The van der Waals surface area contributed by atoms with Crippen LogP contribution in [-0.4, -0.2) is 6.41 Å². The van der Waals surface area contributed by atoms with Gasteiger partial charge in [-0.05, 0) is 6.07 Å². The van der Waals surface area contributed by atoms with Crippen LogP contribution >= 0.6 is 11.3 Å². The van der Waals surface area contributed by atoms with Crippen LogP contribution in [-0.2, 0) is 4.79 Å². The largest absolute Gasteiger partial charge is 0.391 e. The Morgan fingerprint density at radius 3 is 3.00 bits per heavy atom. The number of hydrogen-bond acceptors (Lipinski definition) is 3. The number of amides is 1. The zero-order valence-corrected chi connectivity index (χ0v) is 5.44. The normalized spacial score (nSPS) is 8.89. The van der Waals surface area contributed by atoms with Gasteiger partial charge in [-0.15, -0.1) is 11.3 Å². The minimum Gasteiger partial charge on any atom is -0.391 e. The van der Waals surface area contributed by atoms with E-state index in [1.807, 2.05) is 0 Å². The van der Waals surface area contributed by atoms with Gasteiger partial charge in [0.1, 0.15) is 0 Å².